The Morgan fingerprint density at radius 3 is 2.32 bits per heavy atom. The highest BCUT2D eigenvalue weighted by Gasteiger charge is 2.21. The first-order chi connectivity index (χ1) is 13.0. The van der Waals surface area contributed by atoms with Gasteiger partial charge in [-0.2, -0.15) is 0 Å². The number of aryl methyl sites for hydroxylation is 1. The van der Waals surface area contributed by atoms with E-state index in [1.165, 1.54) is 50.2 Å². The molecular formula is C17H17N3O7S. The lowest BCUT2D eigenvalue weighted by atomic mass is 10.2. The second kappa shape index (κ2) is 8.05. The number of non-ortho nitro benzene ring substituents is 1. The molecule has 0 spiro atoms. The van der Waals surface area contributed by atoms with Crippen molar-refractivity contribution in [2.45, 2.75) is 24.8 Å². The van der Waals surface area contributed by atoms with Crippen molar-refractivity contribution < 1.29 is 27.7 Å². The van der Waals surface area contributed by atoms with Crippen LogP contribution < -0.4 is 10.5 Å². The molecule has 11 heteroatoms. The Hall–Kier alpha value is -3.47. The summed E-state index contributed by atoms with van der Waals surface area (Å²) in [6.45, 7) is 2.83. The van der Waals surface area contributed by atoms with Gasteiger partial charge in [0.1, 0.15) is 0 Å². The zero-order valence-corrected chi connectivity index (χ0v) is 15.7. The minimum atomic E-state index is -4.10. The van der Waals surface area contributed by atoms with E-state index in [4.69, 9.17) is 10.5 Å². The van der Waals surface area contributed by atoms with E-state index in [2.05, 4.69) is 4.72 Å². The van der Waals surface area contributed by atoms with Gasteiger partial charge in [-0.15, -0.1) is 0 Å². The number of nitrogens with one attached hydrogen (secondary N) is 1. The van der Waals surface area contributed by atoms with Crippen LogP contribution >= 0.6 is 0 Å². The molecule has 1 amide bonds. The average Bonchev–Trinajstić information content (AvgIpc) is 2.61. The van der Waals surface area contributed by atoms with Gasteiger partial charge in [-0.25, -0.2) is 13.2 Å². The van der Waals surface area contributed by atoms with Gasteiger partial charge in [0, 0.05) is 17.8 Å². The number of nitro benzene ring substituents is 1. The molecule has 2 aromatic carbocycles. The second-order valence-electron chi connectivity index (χ2n) is 5.84. The number of primary amides is 1. The number of nitrogens with two attached hydrogens (primary N) is 1. The van der Waals surface area contributed by atoms with Crippen LogP contribution in [0.3, 0.4) is 0 Å². The minimum absolute atomic E-state index is 0.0857. The number of esters is 1. The van der Waals surface area contributed by atoms with Crippen molar-refractivity contribution in [3.63, 3.8) is 0 Å². The molecule has 1 atom stereocenters. The summed E-state index contributed by atoms with van der Waals surface area (Å²) in [6.07, 6.45) is -1.11. The van der Waals surface area contributed by atoms with Gasteiger partial charge in [0.05, 0.1) is 15.4 Å². The third-order valence-electron chi connectivity index (χ3n) is 3.73. The summed E-state index contributed by atoms with van der Waals surface area (Å²) in [4.78, 5) is 32.8. The number of carbonyl (C=O) groups is 2. The molecule has 10 nitrogen and oxygen atoms in total. The molecule has 0 saturated heterocycles. The molecular weight excluding hydrogens is 390 g/mol. The molecule has 28 heavy (non-hydrogen) atoms. The number of carbonyl (C=O) groups excluding carboxylic acids is 2. The van der Waals surface area contributed by atoms with Crippen molar-refractivity contribution in [3.05, 3.63) is 63.7 Å². The average molecular weight is 407 g/mol. The molecule has 0 bridgehead atoms. The lowest BCUT2D eigenvalue weighted by Crippen LogP contribution is -2.30. The Bertz CT molecular complexity index is 1030. The largest absolute Gasteiger partial charge is 0.449 e. The molecule has 2 rings (SSSR count). The smallest absolute Gasteiger partial charge is 0.338 e. The number of rotatable bonds is 7. The highest BCUT2D eigenvalue weighted by molar-refractivity contribution is 7.92. The van der Waals surface area contributed by atoms with Crippen LogP contribution in [0.4, 0.5) is 11.4 Å². The van der Waals surface area contributed by atoms with E-state index in [1.54, 1.807) is 0 Å². The molecule has 0 heterocycles. The fourth-order valence-corrected chi connectivity index (χ4v) is 3.49. The fraction of sp³-hybridized carbons (Fsp3) is 0.176. The number of hydrogen-bond donors (Lipinski definition) is 2. The van der Waals surface area contributed by atoms with Gasteiger partial charge >= 0.3 is 5.97 Å². The number of sulfonamides is 1. The van der Waals surface area contributed by atoms with Crippen LogP contribution in [-0.4, -0.2) is 31.3 Å². The molecule has 0 radical (unpaired) electrons. The lowest BCUT2D eigenvalue weighted by Gasteiger charge is -2.12. The van der Waals surface area contributed by atoms with Crippen LogP contribution in [0.25, 0.3) is 0 Å². The van der Waals surface area contributed by atoms with Crippen LogP contribution in [0.2, 0.25) is 0 Å². The maximum atomic E-state index is 12.6. The van der Waals surface area contributed by atoms with Crippen LogP contribution in [0.5, 0.6) is 0 Å². The van der Waals surface area contributed by atoms with E-state index in [1.807, 2.05) is 0 Å². The SMILES string of the molecule is Cc1ccc([N+](=O)[O-])cc1S(=O)(=O)Nc1ccc(C(=O)OC(C)C(N)=O)cc1. The Morgan fingerprint density at radius 2 is 1.79 bits per heavy atom. The van der Waals surface area contributed by atoms with E-state index < -0.39 is 32.9 Å². The quantitative estimate of drug-likeness (QED) is 0.402. The van der Waals surface area contributed by atoms with Crippen LogP contribution in [-0.2, 0) is 19.6 Å². The summed E-state index contributed by atoms with van der Waals surface area (Å²) in [7, 11) is -4.10. The van der Waals surface area contributed by atoms with Gasteiger partial charge in [-0.3, -0.25) is 19.6 Å². The standard InChI is InChI=1S/C17H17N3O7S/c1-10-3-8-14(20(23)24)9-15(10)28(25,26)19-13-6-4-12(5-7-13)17(22)27-11(2)16(18)21/h3-9,11,19H,1-2H3,(H2,18,21). The molecule has 0 aliphatic rings. The summed E-state index contributed by atoms with van der Waals surface area (Å²) in [5.41, 5.74) is 5.21. The first-order valence-corrected chi connectivity index (χ1v) is 9.38. The Morgan fingerprint density at radius 1 is 1.18 bits per heavy atom. The third-order valence-corrected chi connectivity index (χ3v) is 5.25. The molecule has 0 saturated carbocycles. The predicted octanol–water partition coefficient (Wildman–Crippen LogP) is 1.73. The van der Waals surface area contributed by atoms with Gasteiger partial charge in [0.2, 0.25) is 0 Å². The summed E-state index contributed by atoms with van der Waals surface area (Å²) >= 11 is 0. The number of ether oxygens (including phenoxy) is 1. The molecule has 2 aromatic rings. The molecule has 3 N–H and O–H groups in total. The Labute approximate surface area is 160 Å². The first-order valence-electron chi connectivity index (χ1n) is 7.89. The number of benzene rings is 2. The summed E-state index contributed by atoms with van der Waals surface area (Å²) in [5, 5.41) is 10.9. The topological polar surface area (TPSA) is 159 Å². The van der Waals surface area contributed by atoms with Crippen LogP contribution in [0, 0.1) is 17.0 Å². The minimum Gasteiger partial charge on any atom is -0.449 e. The number of amides is 1. The van der Waals surface area contributed by atoms with Gasteiger partial charge in [0.25, 0.3) is 21.6 Å². The molecule has 148 valence electrons. The van der Waals surface area contributed by atoms with Crippen molar-refractivity contribution >= 4 is 33.3 Å². The Balaban J connectivity index is 2.22. The van der Waals surface area contributed by atoms with Gasteiger partial charge < -0.3 is 10.5 Å². The van der Waals surface area contributed by atoms with Gasteiger partial charge in [0.15, 0.2) is 6.10 Å². The predicted molar refractivity (Wildman–Crippen MR) is 99.2 cm³/mol. The Kier molecular flexibility index (Phi) is 5.99. The number of hydrogen-bond acceptors (Lipinski definition) is 7. The van der Waals surface area contributed by atoms with E-state index in [-0.39, 0.29) is 21.8 Å². The fourth-order valence-electron chi connectivity index (χ4n) is 2.16. The summed E-state index contributed by atoms with van der Waals surface area (Å²) in [6, 6.07) is 8.75. The van der Waals surface area contributed by atoms with Crippen molar-refractivity contribution in [3.8, 4) is 0 Å². The van der Waals surface area contributed by atoms with E-state index in [9.17, 15) is 28.1 Å². The van der Waals surface area contributed by atoms with E-state index in [0.717, 1.165) is 6.07 Å². The second-order valence-corrected chi connectivity index (χ2v) is 7.49. The van der Waals surface area contributed by atoms with Gasteiger partial charge in [-0.05, 0) is 43.7 Å². The molecule has 0 aromatic heterocycles. The van der Waals surface area contributed by atoms with Crippen molar-refractivity contribution in [2.24, 2.45) is 5.73 Å². The maximum Gasteiger partial charge on any atom is 0.338 e. The van der Waals surface area contributed by atoms with Crippen LogP contribution in [0.15, 0.2) is 47.4 Å². The zero-order chi connectivity index (χ0) is 21.1. The lowest BCUT2D eigenvalue weighted by molar-refractivity contribution is -0.385. The normalized spacial score (nSPS) is 12.1. The molecule has 0 aliphatic heterocycles. The molecule has 1 unspecified atom stereocenters. The van der Waals surface area contributed by atoms with Crippen LogP contribution in [0.1, 0.15) is 22.8 Å². The number of nitrogens with zero attached hydrogens (tertiary/aromatic N) is 1. The third kappa shape index (κ3) is 4.82. The van der Waals surface area contributed by atoms with Crippen molar-refractivity contribution in [1.29, 1.82) is 0 Å². The summed E-state index contributed by atoms with van der Waals surface area (Å²) < 4.78 is 32.3. The van der Waals surface area contributed by atoms with Crippen molar-refractivity contribution in [2.75, 3.05) is 4.72 Å². The highest BCUT2D eigenvalue weighted by Crippen LogP contribution is 2.24. The first kappa shape index (κ1) is 20.8. The van der Waals surface area contributed by atoms with E-state index in [0.29, 0.717) is 5.56 Å². The molecule has 0 aliphatic carbocycles. The van der Waals surface area contributed by atoms with E-state index >= 15 is 0 Å². The monoisotopic (exact) mass is 407 g/mol. The number of nitro groups is 1. The summed E-state index contributed by atoms with van der Waals surface area (Å²) in [5.74, 6) is -1.60. The highest BCUT2D eigenvalue weighted by atomic mass is 32.2. The van der Waals surface area contributed by atoms with Crippen molar-refractivity contribution in [1.82, 2.24) is 0 Å². The molecule has 0 fully saturated rings. The zero-order valence-electron chi connectivity index (χ0n) is 14.9. The maximum absolute atomic E-state index is 12.6. The van der Waals surface area contributed by atoms with Gasteiger partial charge in [-0.1, -0.05) is 6.07 Å². The number of anilines is 1.